The number of nitrogens with one attached hydrogen (secondary N) is 2. The van der Waals surface area contributed by atoms with E-state index in [0.717, 1.165) is 22.4 Å². The predicted molar refractivity (Wildman–Crippen MR) is 77.2 cm³/mol. The van der Waals surface area contributed by atoms with Crippen LogP contribution in [-0.4, -0.2) is 29.1 Å². The number of carbonyl (C=O) groups is 2. The summed E-state index contributed by atoms with van der Waals surface area (Å²) in [6, 6.07) is 5.83. The highest BCUT2D eigenvalue weighted by molar-refractivity contribution is 6.15. The van der Waals surface area contributed by atoms with Crippen LogP contribution in [0.2, 0.25) is 0 Å². The molecule has 1 atom stereocenters. The fraction of sp³-hybridized carbons (Fsp3) is 0.267. The molecule has 0 saturated heterocycles. The van der Waals surface area contributed by atoms with Crippen LogP contribution in [0, 0.1) is 6.92 Å². The second-order valence-electron chi connectivity index (χ2n) is 5.62. The zero-order chi connectivity index (χ0) is 14.8. The summed E-state index contributed by atoms with van der Waals surface area (Å²) in [5.74, 6) is 0.259. The molecule has 0 radical (unpaired) electrons. The van der Waals surface area contributed by atoms with E-state index in [2.05, 4.69) is 15.5 Å². The highest BCUT2D eigenvalue weighted by Gasteiger charge is 2.56. The van der Waals surface area contributed by atoms with E-state index in [1.807, 2.05) is 25.1 Å². The van der Waals surface area contributed by atoms with Crippen molar-refractivity contribution in [2.24, 2.45) is 0 Å². The second-order valence-corrected chi connectivity index (χ2v) is 5.62. The van der Waals surface area contributed by atoms with Crippen molar-refractivity contribution < 1.29 is 9.59 Å². The van der Waals surface area contributed by atoms with E-state index in [9.17, 15) is 9.59 Å². The van der Waals surface area contributed by atoms with Gasteiger partial charge in [0.25, 0.3) is 0 Å². The molecule has 2 aliphatic rings. The smallest absolute Gasteiger partial charge is 0.242 e. The molecule has 2 aromatic rings. The number of fused-ring (bicyclic) bond motifs is 4. The predicted octanol–water partition coefficient (Wildman–Crippen LogP) is 1.32. The zero-order valence-corrected chi connectivity index (χ0v) is 11.7. The van der Waals surface area contributed by atoms with Crippen molar-refractivity contribution >= 4 is 23.3 Å². The lowest BCUT2D eigenvalue weighted by atomic mass is 9.71. The van der Waals surface area contributed by atoms with Gasteiger partial charge in [-0.25, -0.2) is 0 Å². The molecule has 4 rings (SSSR count). The molecular weight excluding hydrogens is 268 g/mol. The first-order valence-electron chi connectivity index (χ1n) is 6.77. The van der Waals surface area contributed by atoms with E-state index in [4.69, 9.17) is 0 Å². The fourth-order valence-corrected chi connectivity index (χ4v) is 3.61. The van der Waals surface area contributed by atoms with Crippen LogP contribution in [0.25, 0.3) is 0 Å². The van der Waals surface area contributed by atoms with Crippen LogP contribution in [0.4, 0.5) is 11.5 Å². The summed E-state index contributed by atoms with van der Waals surface area (Å²) < 4.78 is 0. The van der Waals surface area contributed by atoms with Crippen LogP contribution in [0.5, 0.6) is 0 Å². The summed E-state index contributed by atoms with van der Waals surface area (Å²) in [7, 11) is 1.76. The molecule has 0 aliphatic carbocycles. The van der Waals surface area contributed by atoms with Gasteiger partial charge in [0.05, 0.1) is 11.9 Å². The van der Waals surface area contributed by atoms with Crippen LogP contribution in [0.15, 0.2) is 24.4 Å². The molecule has 2 N–H and O–H groups in total. The minimum Gasteiger partial charge on any atom is -0.314 e. The number of rotatable bonds is 0. The van der Waals surface area contributed by atoms with Crippen LogP contribution >= 0.6 is 0 Å². The van der Waals surface area contributed by atoms with Gasteiger partial charge >= 0.3 is 0 Å². The Hall–Kier alpha value is -2.63. The Morgan fingerprint density at radius 3 is 2.90 bits per heavy atom. The van der Waals surface area contributed by atoms with Gasteiger partial charge in [-0.3, -0.25) is 14.7 Å². The molecule has 21 heavy (non-hydrogen) atoms. The van der Waals surface area contributed by atoms with E-state index in [-0.39, 0.29) is 18.2 Å². The summed E-state index contributed by atoms with van der Waals surface area (Å²) >= 11 is 0. The molecule has 3 heterocycles. The second kappa shape index (κ2) is 3.72. The number of hydrogen-bond donors (Lipinski definition) is 2. The number of aromatic nitrogens is 2. The Morgan fingerprint density at radius 2 is 2.10 bits per heavy atom. The summed E-state index contributed by atoms with van der Waals surface area (Å²) in [5, 5.41) is 9.51. The van der Waals surface area contributed by atoms with Gasteiger partial charge in [0, 0.05) is 19.0 Å². The number of likely N-dealkylation sites (N-methyl/N-ethyl adjacent to an activating group) is 1. The van der Waals surface area contributed by atoms with Crippen LogP contribution < -0.4 is 10.2 Å². The molecule has 0 saturated carbocycles. The molecular formula is C15H14N4O2. The fourth-order valence-electron chi connectivity index (χ4n) is 3.61. The standard InChI is InChI=1S/C15H14N4O2/c1-8-4-3-5-9-12(8)19(2)14(21)15(9)6-11(20)17-13-10(15)7-16-18-13/h3-5,7H,6H2,1-2H3,(H2,16,17,18,20)/t15-/m0/s1. The van der Waals surface area contributed by atoms with Crippen LogP contribution in [0.1, 0.15) is 23.1 Å². The summed E-state index contributed by atoms with van der Waals surface area (Å²) in [5.41, 5.74) is 2.58. The van der Waals surface area contributed by atoms with Gasteiger partial charge in [-0.2, -0.15) is 5.10 Å². The van der Waals surface area contributed by atoms with E-state index in [0.29, 0.717) is 5.82 Å². The van der Waals surface area contributed by atoms with Crippen molar-refractivity contribution in [1.82, 2.24) is 10.2 Å². The maximum Gasteiger partial charge on any atom is 0.242 e. The van der Waals surface area contributed by atoms with Gasteiger partial charge in [-0.05, 0) is 18.1 Å². The Bertz CT molecular complexity index is 795. The van der Waals surface area contributed by atoms with Crippen molar-refractivity contribution in [3.8, 4) is 0 Å². The first kappa shape index (κ1) is 12.1. The number of para-hydroxylation sites is 1. The molecule has 6 heteroatoms. The molecule has 1 aromatic carbocycles. The quantitative estimate of drug-likeness (QED) is 0.765. The van der Waals surface area contributed by atoms with Crippen molar-refractivity contribution in [2.45, 2.75) is 18.8 Å². The minimum atomic E-state index is -0.958. The molecule has 1 aromatic heterocycles. The number of hydrogen-bond acceptors (Lipinski definition) is 3. The molecule has 6 nitrogen and oxygen atoms in total. The number of carbonyl (C=O) groups excluding carboxylic acids is 2. The van der Waals surface area contributed by atoms with Gasteiger partial charge in [0.15, 0.2) is 0 Å². The number of benzene rings is 1. The summed E-state index contributed by atoms with van der Waals surface area (Å²) in [4.78, 5) is 26.8. The number of H-pyrrole nitrogens is 1. The Balaban J connectivity index is 2.09. The number of aromatic amines is 1. The SMILES string of the molecule is Cc1cccc2c1N(C)C(=O)[C@@]21CC(=O)Nc2[nH]ncc21. The number of anilines is 2. The van der Waals surface area contributed by atoms with E-state index in [1.165, 1.54) is 0 Å². The lowest BCUT2D eigenvalue weighted by molar-refractivity contribution is -0.126. The third-order valence-corrected chi connectivity index (χ3v) is 4.49. The molecule has 0 fully saturated rings. The Labute approximate surface area is 121 Å². The molecule has 0 unspecified atom stereocenters. The van der Waals surface area contributed by atoms with Crippen LogP contribution in [-0.2, 0) is 15.0 Å². The minimum absolute atomic E-state index is 0.0794. The monoisotopic (exact) mass is 282 g/mol. The zero-order valence-electron chi connectivity index (χ0n) is 11.7. The summed E-state index contributed by atoms with van der Waals surface area (Å²) in [6.07, 6.45) is 1.75. The highest BCUT2D eigenvalue weighted by Crippen LogP contribution is 2.51. The van der Waals surface area contributed by atoms with Crippen LogP contribution in [0.3, 0.4) is 0 Å². The summed E-state index contributed by atoms with van der Waals surface area (Å²) in [6.45, 7) is 1.97. The molecule has 1 spiro atoms. The van der Waals surface area contributed by atoms with E-state index >= 15 is 0 Å². The Morgan fingerprint density at radius 1 is 1.29 bits per heavy atom. The maximum absolute atomic E-state index is 13.0. The number of amides is 2. The van der Waals surface area contributed by atoms with Gasteiger partial charge in [0.2, 0.25) is 11.8 Å². The molecule has 0 bridgehead atoms. The third kappa shape index (κ3) is 1.29. The lowest BCUT2D eigenvalue weighted by Gasteiger charge is -2.31. The molecule has 106 valence electrons. The molecule has 2 amide bonds. The van der Waals surface area contributed by atoms with Crippen molar-refractivity contribution in [3.63, 3.8) is 0 Å². The largest absolute Gasteiger partial charge is 0.314 e. The van der Waals surface area contributed by atoms with E-state index in [1.54, 1.807) is 18.1 Å². The van der Waals surface area contributed by atoms with Gasteiger partial charge in [-0.1, -0.05) is 18.2 Å². The average molecular weight is 282 g/mol. The lowest BCUT2D eigenvalue weighted by Crippen LogP contribution is -2.45. The van der Waals surface area contributed by atoms with Crippen molar-refractivity contribution in [1.29, 1.82) is 0 Å². The third-order valence-electron chi connectivity index (χ3n) is 4.49. The first-order chi connectivity index (χ1) is 10.1. The normalized spacial score (nSPS) is 23.2. The van der Waals surface area contributed by atoms with Crippen molar-refractivity contribution in [3.05, 3.63) is 41.1 Å². The molecule has 2 aliphatic heterocycles. The van der Waals surface area contributed by atoms with Crippen molar-refractivity contribution in [2.75, 3.05) is 17.3 Å². The highest BCUT2D eigenvalue weighted by atomic mass is 16.2. The maximum atomic E-state index is 13.0. The number of nitrogens with zero attached hydrogens (tertiary/aromatic N) is 2. The first-order valence-corrected chi connectivity index (χ1v) is 6.77. The topological polar surface area (TPSA) is 78.1 Å². The van der Waals surface area contributed by atoms with Gasteiger partial charge < -0.3 is 10.2 Å². The van der Waals surface area contributed by atoms with Gasteiger partial charge in [0.1, 0.15) is 11.2 Å². The number of aryl methyl sites for hydroxylation is 1. The van der Waals surface area contributed by atoms with E-state index < -0.39 is 5.41 Å². The average Bonchev–Trinajstić information content (AvgIpc) is 2.99. The van der Waals surface area contributed by atoms with Gasteiger partial charge in [-0.15, -0.1) is 0 Å². The Kier molecular flexibility index (Phi) is 2.15.